The van der Waals surface area contributed by atoms with E-state index in [4.69, 9.17) is 19.5 Å². The summed E-state index contributed by atoms with van der Waals surface area (Å²) in [6, 6.07) is 9.10. The van der Waals surface area contributed by atoms with Gasteiger partial charge in [0.2, 0.25) is 5.95 Å². The van der Waals surface area contributed by atoms with Crippen molar-refractivity contribution in [2.75, 3.05) is 31.3 Å². The predicted octanol–water partition coefficient (Wildman–Crippen LogP) is 0.921. The van der Waals surface area contributed by atoms with Gasteiger partial charge in [0.05, 0.1) is 31.6 Å². The number of nitrogen functional groups attached to an aromatic ring is 1. The predicted molar refractivity (Wildman–Crippen MR) is 154 cm³/mol. The Labute approximate surface area is 245 Å². The van der Waals surface area contributed by atoms with Crippen molar-refractivity contribution >= 4 is 41.7 Å². The van der Waals surface area contributed by atoms with E-state index in [1.54, 1.807) is 13.8 Å². The molecule has 5 unspecified atom stereocenters. The van der Waals surface area contributed by atoms with E-state index in [2.05, 4.69) is 20.0 Å². The van der Waals surface area contributed by atoms with Gasteiger partial charge in [-0.05, 0) is 26.3 Å². The number of benzene rings is 1. The third-order valence-electron chi connectivity index (χ3n) is 6.71. The Bertz CT molecular complexity index is 1500. The molecule has 4 rings (SSSR count). The molecule has 0 amide bonds. The Morgan fingerprint density at radius 3 is 2.74 bits per heavy atom. The minimum absolute atomic E-state index is 0.0326. The number of hydrogen-bond donors (Lipinski definition) is 6. The van der Waals surface area contributed by atoms with Crippen LogP contribution in [0.4, 0.5) is 5.95 Å². The summed E-state index contributed by atoms with van der Waals surface area (Å²) in [5, 5.41) is 34.0. The first-order chi connectivity index (χ1) is 19.8. The van der Waals surface area contributed by atoms with Crippen molar-refractivity contribution in [2.24, 2.45) is 5.41 Å². The van der Waals surface area contributed by atoms with Crippen molar-refractivity contribution in [2.45, 2.75) is 51.4 Å². The van der Waals surface area contributed by atoms with Crippen LogP contribution in [-0.4, -0.2) is 83.3 Å². The Hall–Kier alpha value is -2.66. The molecule has 3 heterocycles. The van der Waals surface area contributed by atoms with Crippen LogP contribution >= 0.6 is 19.5 Å². The number of thioether (sulfide) groups is 1. The number of aliphatic hydroxyl groups is 3. The number of imidazole rings is 1. The zero-order valence-electron chi connectivity index (χ0n) is 23.3. The maximum atomic E-state index is 13.7. The SMILES string of the molecule is CC(C)(CO)C(=O)SCCOP(=O)(NCc1ccccc1)OCC1OC(n2cnc3c(=O)[nH]c(N)nc32)C(C)(O)C1O. The van der Waals surface area contributed by atoms with Crippen molar-refractivity contribution in [1.82, 2.24) is 24.6 Å². The zero-order valence-corrected chi connectivity index (χ0v) is 25.0. The van der Waals surface area contributed by atoms with E-state index in [0.29, 0.717) is 0 Å². The number of anilines is 1. The topological polar surface area (TPSA) is 224 Å². The van der Waals surface area contributed by atoms with E-state index < -0.39 is 49.4 Å². The second-order valence-corrected chi connectivity index (χ2v) is 13.5. The highest BCUT2D eigenvalue weighted by Gasteiger charge is 2.54. The second kappa shape index (κ2) is 12.9. The molecule has 5 atom stereocenters. The molecule has 1 saturated heterocycles. The first-order valence-electron chi connectivity index (χ1n) is 13.0. The number of carbonyl (C=O) groups is 1. The lowest BCUT2D eigenvalue weighted by Gasteiger charge is -2.27. The summed E-state index contributed by atoms with van der Waals surface area (Å²) in [6.07, 6.45) is -2.72. The number of ether oxygens (including phenoxy) is 1. The smallest absolute Gasteiger partial charge is 0.395 e. The number of H-pyrrole nitrogens is 1. The number of hydrogen-bond acceptors (Lipinski definition) is 13. The molecule has 17 heteroatoms. The van der Waals surface area contributed by atoms with Gasteiger partial charge in [-0.1, -0.05) is 42.1 Å². The monoisotopic (exact) mass is 626 g/mol. The number of nitrogens with one attached hydrogen (secondary N) is 2. The molecule has 15 nitrogen and oxygen atoms in total. The van der Waals surface area contributed by atoms with E-state index in [1.165, 1.54) is 17.8 Å². The zero-order chi connectivity index (χ0) is 30.7. The molecular weight excluding hydrogens is 591 g/mol. The van der Waals surface area contributed by atoms with Gasteiger partial charge in [-0.3, -0.25) is 28.2 Å². The molecule has 1 fully saturated rings. The molecular formula is C25H35N6O9PS. The highest BCUT2D eigenvalue weighted by molar-refractivity contribution is 8.13. The van der Waals surface area contributed by atoms with Crippen molar-refractivity contribution in [3.63, 3.8) is 0 Å². The molecule has 1 aromatic carbocycles. The number of fused-ring (bicyclic) bond motifs is 1. The third kappa shape index (κ3) is 7.10. The molecule has 42 heavy (non-hydrogen) atoms. The molecule has 0 spiro atoms. The van der Waals surface area contributed by atoms with Crippen LogP contribution in [0.25, 0.3) is 11.2 Å². The van der Waals surface area contributed by atoms with E-state index >= 15 is 0 Å². The van der Waals surface area contributed by atoms with Gasteiger partial charge in [-0.15, -0.1) is 0 Å². The normalized spacial score (nSPS) is 24.2. The number of nitrogens with zero attached hydrogens (tertiary/aromatic N) is 3. The van der Waals surface area contributed by atoms with Crippen LogP contribution in [0.2, 0.25) is 0 Å². The van der Waals surface area contributed by atoms with Crippen molar-refractivity contribution < 1.29 is 38.5 Å². The van der Waals surface area contributed by atoms with Gasteiger partial charge in [0.25, 0.3) is 5.56 Å². The van der Waals surface area contributed by atoms with E-state index in [0.717, 1.165) is 17.3 Å². The van der Waals surface area contributed by atoms with Crippen LogP contribution in [0.15, 0.2) is 41.5 Å². The van der Waals surface area contributed by atoms with Crippen LogP contribution < -0.4 is 16.4 Å². The molecule has 1 aliphatic heterocycles. The third-order valence-corrected chi connectivity index (χ3v) is 9.45. The van der Waals surface area contributed by atoms with Gasteiger partial charge >= 0.3 is 7.75 Å². The average Bonchev–Trinajstić information content (AvgIpc) is 3.47. The summed E-state index contributed by atoms with van der Waals surface area (Å²) in [4.78, 5) is 34.9. The maximum absolute atomic E-state index is 13.7. The number of nitrogens with two attached hydrogens (primary N) is 1. The van der Waals surface area contributed by atoms with E-state index in [-0.39, 0.29) is 47.7 Å². The Balaban J connectivity index is 1.46. The number of aromatic amines is 1. The average molecular weight is 627 g/mol. The van der Waals surface area contributed by atoms with Gasteiger partial charge < -0.3 is 25.8 Å². The summed E-state index contributed by atoms with van der Waals surface area (Å²) in [5.41, 5.74) is 3.04. The molecule has 0 aliphatic carbocycles. The van der Waals surface area contributed by atoms with Gasteiger partial charge in [-0.2, -0.15) is 4.98 Å². The van der Waals surface area contributed by atoms with Crippen LogP contribution in [0.1, 0.15) is 32.6 Å². The fraction of sp³-hybridized carbons (Fsp3) is 0.520. The van der Waals surface area contributed by atoms with Crippen molar-refractivity contribution in [1.29, 1.82) is 0 Å². The first-order valence-corrected chi connectivity index (χ1v) is 15.5. The minimum Gasteiger partial charge on any atom is -0.395 e. The number of aromatic nitrogens is 4. The second-order valence-electron chi connectivity index (χ2n) is 10.6. The quantitative estimate of drug-likeness (QED) is 0.115. The number of aliphatic hydroxyl groups excluding tert-OH is 2. The summed E-state index contributed by atoms with van der Waals surface area (Å²) >= 11 is 0.934. The number of rotatable bonds is 13. The molecule has 3 aromatic rings. The summed E-state index contributed by atoms with van der Waals surface area (Å²) < 4.78 is 32.1. The molecule has 7 N–H and O–H groups in total. The molecule has 0 saturated carbocycles. The highest BCUT2D eigenvalue weighted by atomic mass is 32.2. The van der Waals surface area contributed by atoms with Crippen LogP contribution in [0, 0.1) is 5.41 Å². The highest BCUT2D eigenvalue weighted by Crippen LogP contribution is 2.46. The standard InChI is InChI=1S/C25H35N6O9PS/c1-24(2,13-32)22(35)42-10-9-38-41(37,28-11-15-7-5-4-6-8-15)39-12-16-18(33)25(3,36)21(40-16)31-14-27-17-19(31)29-23(26)30-20(17)34/h4-8,14,16,18,21,32-33,36H,9-13H2,1-3H3,(H,28,37)(H3,26,29,30,34). The van der Waals surface area contributed by atoms with Gasteiger partial charge in [0, 0.05) is 12.3 Å². The Kier molecular flexibility index (Phi) is 9.92. The molecule has 230 valence electrons. The molecule has 0 bridgehead atoms. The van der Waals surface area contributed by atoms with Crippen molar-refractivity contribution in [3.05, 3.63) is 52.6 Å². The summed E-state index contributed by atoms with van der Waals surface area (Å²) in [7, 11) is -4.04. The first kappa shape index (κ1) is 32.3. The van der Waals surface area contributed by atoms with Crippen LogP contribution in [0.5, 0.6) is 0 Å². The lowest BCUT2D eigenvalue weighted by Crippen LogP contribution is -2.44. The Morgan fingerprint density at radius 2 is 2.05 bits per heavy atom. The van der Waals surface area contributed by atoms with E-state index in [1.807, 2.05) is 30.3 Å². The largest absolute Gasteiger partial charge is 0.405 e. The maximum Gasteiger partial charge on any atom is 0.405 e. The number of carbonyl (C=O) groups excluding carboxylic acids is 1. The summed E-state index contributed by atoms with van der Waals surface area (Å²) in [5.74, 6) is -0.0278. The fourth-order valence-corrected chi connectivity index (χ4v) is 6.37. The molecule has 1 aliphatic rings. The van der Waals surface area contributed by atoms with Crippen LogP contribution in [-0.2, 0) is 29.7 Å². The summed E-state index contributed by atoms with van der Waals surface area (Å²) in [6.45, 7) is 3.78. The molecule has 2 aromatic heterocycles. The van der Waals surface area contributed by atoms with Gasteiger partial charge in [0.1, 0.15) is 17.8 Å². The fourth-order valence-electron chi connectivity index (χ4n) is 4.13. The van der Waals surface area contributed by atoms with Gasteiger partial charge in [0.15, 0.2) is 22.5 Å². The van der Waals surface area contributed by atoms with Gasteiger partial charge in [-0.25, -0.2) is 14.6 Å². The van der Waals surface area contributed by atoms with Crippen molar-refractivity contribution in [3.8, 4) is 0 Å². The van der Waals surface area contributed by atoms with E-state index in [9.17, 15) is 29.5 Å². The Morgan fingerprint density at radius 1 is 1.33 bits per heavy atom. The minimum atomic E-state index is -4.04. The lowest BCUT2D eigenvalue weighted by molar-refractivity contribution is -0.119. The van der Waals surface area contributed by atoms with Crippen LogP contribution in [0.3, 0.4) is 0 Å². The molecule has 0 radical (unpaired) electrons. The lowest BCUT2D eigenvalue weighted by atomic mass is 9.96.